The van der Waals surface area contributed by atoms with Crippen molar-refractivity contribution in [3.05, 3.63) is 16.8 Å². The van der Waals surface area contributed by atoms with Crippen LogP contribution in [0.25, 0.3) is 0 Å². The maximum atomic E-state index is 9.40. The van der Waals surface area contributed by atoms with Crippen LogP contribution in [0.5, 0.6) is 0 Å². The first-order chi connectivity index (χ1) is 10.6. The Bertz CT molecular complexity index is 643. The molecule has 4 N–H and O–H groups in total. The number of aliphatic hydroxyl groups excluding tert-OH is 1. The van der Waals surface area contributed by atoms with E-state index < -0.39 is 0 Å². The molecule has 9 heteroatoms. The summed E-state index contributed by atoms with van der Waals surface area (Å²) < 4.78 is 0.977. The van der Waals surface area contributed by atoms with Crippen molar-refractivity contribution < 1.29 is 5.11 Å². The lowest BCUT2D eigenvalue weighted by Crippen LogP contribution is -2.27. The van der Waals surface area contributed by atoms with Crippen molar-refractivity contribution in [2.45, 2.75) is 36.1 Å². The third kappa shape index (κ3) is 3.84. The van der Waals surface area contributed by atoms with E-state index in [1.165, 1.54) is 0 Å². The molecule has 0 atom stereocenters. The average molecular weight is 338 g/mol. The van der Waals surface area contributed by atoms with E-state index in [0.29, 0.717) is 5.92 Å². The molecule has 0 unspecified atom stereocenters. The molecule has 0 aliphatic heterocycles. The average Bonchev–Trinajstić information content (AvgIpc) is 2.85. The highest BCUT2D eigenvalue weighted by molar-refractivity contribution is 8.01. The highest BCUT2D eigenvalue weighted by atomic mass is 32.2. The Labute approximate surface area is 136 Å². The first-order valence-electron chi connectivity index (χ1n) is 7.09. The Balaban J connectivity index is 1.51. The van der Waals surface area contributed by atoms with Crippen LogP contribution in [-0.4, -0.2) is 43.7 Å². The molecule has 2 heterocycles. The molecule has 1 saturated carbocycles. The Morgan fingerprint density at radius 3 is 2.91 bits per heavy atom. The van der Waals surface area contributed by atoms with Gasteiger partial charge in [-0.15, -0.1) is 10.2 Å². The Morgan fingerprint density at radius 2 is 2.23 bits per heavy atom. The van der Waals surface area contributed by atoms with Crippen molar-refractivity contribution in [1.82, 2.24) is 20.2 Å². The zero-order chi connectivity index (χ0) is 15.5. The summed E-state index contributed by atoms with van der Waals surface area (Å²) in [5, 5.41) is 21.7. The number of aliphatic hydroxyl groups is 1. The molecule has 0 radical (unpaired) electrons. The molecule has 118 valence electrons. The molecule has 0 spiro atoms. The van der Waals surface area contributed by atoms with Crippen LogP contribution in [0.4, 0.5) is 11.8 Å². The van der Waals surface area contributed by atoms with Gasteiger partial charge >= 0.3 is 0 Å². The van der Waals surface area contributed by atoms with Gasteiger partial charge in [0.2, 0.25) is 5.95 Å². The van der Waals surface area contributed by atoms with Crippen LogP contribution >= 0.6 is 23.1 Å². The van der Waals surface area contributed by atoms with Crippen LogP contribution in [0.3, 0.4) is 0 Å². The molecular weight excluding hydrogens is 320 g/mol. The lowest BCUT2D eigenvalue weighted by molar-refractivity contribution is 0.0732. The number of anilines is 2. The first-order valence-corrected chi connectivity index (χ1v) is 8.89. The van der Waals surface area contributed by atoms with Gasteiger partial charge in [0, 0.05) is 24.3 Å². The number of rotatable bonds is 6. The number of aryl methyl sites for hydroxylation is 1. The topological polar surface area (TPSA) is 110 Å². The highest BCUT2D eigenvalue weighted by Crippen LogP contribution is 2.36. The fourth-order valence-electron chi connectivity index (χ4n) is 2.27. The van der Waals surface area contributed by atoms with Gasteiger partial charge in [0.05, 0.1) is 11.8 Å². The Hall–Kier alpha value is -1.45. The van der Waals surface area contributed by atoms with E-state index in [4.69, 9.17) is 5.73 Å². The molecule has 7 nitrogen and oxygen atoms in total. The summed E-state index contributed by atoms with van der Waals surface area (Å²) in [5.74, 6) is 2.17. The van der Waals surface area contributed by atoms with E-state index in [1.807, 2.05) is 13.0 Å². The van der Waals surface area contributed by atoms with Gasteiger partial charge in [0.1, 0.15) is 10.8 Å². The summed E-state index contributed by atoms with van der Waals surface area (Å²) in [7, 11) is 0. The van der Waals surface area contributed by atoms with E-state index in [-0.39, 0.29) is 12.1 Å². The lowest BCUT2D eigenvalue weighted by Gasteiger charge is -2.30. The number of nitrogen functional groups attached to an aromatic ring is 1. The van der Waals surface area contributed by atoms with E-state index in [9.17, 15) is 5.11 Å². The van der Waals surface area contributed by atoms with Crippen LogP contribution in [0.2, 0.25) is 0 Å². The molecule has 22 heavy (non-hydrogen) atoms. The van der Waals surface area contributed by atoms with Gasteiger partial charge in [0.15, 0.2) is 4.34 Å². The number of nitrogens with zero attached hydrogens (tertiary/aromatic N) is 4. The molecule has 2 aromatic rings. The van der Waals surface area contributed by atoms with Crippen molar-refractivity contribution in [3.63, 3.8) is 0 Å². The quantitative estimate of drug-likeness (QED) is 0.539. The maximum Gasteiger partial charge on any atom is 0.222 e. The van der Waals surface area contributed by atoms with Crippen molar-refractivity contribution in [3.8, 4) is 0 Å². The third-order valence-corrected chi connectivity index (χ3v) is 5.41. The molecule has 0 amide bonds. The maximum absolute atomic E-state index is 9.40. The largest absolute Gasteiger partial charge is 0.393 e. The Morgan fingerprint density at radius 1 is 1.41 bits per heavy atom. The predicted octanol–water partition coefficient (Wildman–Crippen LogP) is 1.66. The number of nitrogens with one attached hydrogen (secondary N) is 1. The second kappa shape index (κ2) is 6.76. The summed E-state index contributed by atoms with van der Waals surface area (Å²) in [5.41, 5.74) is 6.67. The van der Waals surface area contributed by atoms with Gasteiger partial charge < -0.3 is 16.2 Å². The minimum absolute atomic E-state index is 0.204. The highest BCUT2D eigenvalue weighted by Gasteiger charge is 2.30. The zero-order valence-corrected chi connectivity index (χ0v) is 13.8. The predicted molar refractivity (Wildman–Crippen MR) is 88.3 cm³/mol. The molecule has 1 fully saturated rings. The molecule has 0 aromatic carbocycles. The fourth-order valence-corrected chi connectivity index (χ4v) is 4.01. The van der Waals surface area contributed by atoms with Gasteiger partial charge in [-0.25, -0.2) is 4.98 Å². The monoisotopic (exact) mass is 338 g/mol. The molecule has 2 aromatic heterocycles. The first kappa shape index (κ1) is 15.4. The normalized spacial score (nSPS) is 20.6. The Kier molecular flexibility index (Phi) is 4.74. The van der Waals surface area contributed by atoms with Crippen LogP contribution in [-0.2, 0) is 0 Å². The van der Waals surface area contributed by atoms with E-state index in [0.717, 1.165) is 46.0 Å². The van der Waals surface area contributed by atoms with E-state index >= 15 is 0 Å². The van der Waals surface area contributed by atoms with Crippen LogP contribution in [0.1, 0.15) is 29.5 Å². The van der Waals surface area contributed by atoms with Gasteiger partial charge in [-0.05, 0) is 19.8 Å². The van der Waals surface area contributed by atoms with Gasteiger partial charge in [-0.1, -0.05) is 23.1 Å². The minimum atomic E-state index is -0.204. The smallest absolute Gasteiger partial charge is 0.222 e. The van der Waals surface area contributed by atoms with Crippen molar-refractivity contribution in [1.29, 1.82) is 0 Å². The van der Waals surface area contributed by atoms with Crippen LogP contribution in [0, 0.1) is 6.92 Å². The lowest BCUT2D eigenvalue weighted by atomic mass is 9.80. The van der Waals surface area contributed by atoms with E-state index in [1.54, 1.807) is 23.1 Å². The third-order valence-electron chi connectivity index (χ3n) is 3.44. The minimum Gasteiger partial charge on any atom is -0.393 e. The van der Waals surface area contributed by atoms with Gasteiger partial charge in [0.25, 0.3) is 0 Å². The van der Waals surface area contributed by atoms with Crippen LogP contribution < -0.4 is 11.1 Å². The number of hydrogen-bond donors (Lipinski definition) is 3. The number of nitrogens with two attached hydrogens (primary N) is 1. The number of thioether (sulfide) groups is 1. The summed E-state index contributed by atoms with van der Waals surface area (Å²) in [6, 6.07) is 1.92. The second-order valence-electron chi connectivity index (χ2n) is 5.22. The molecule has 0 bridgehead atoms. The summed E-state index contributed by atoms with van der Waals surface area (Å²) in [6.07, 6.45) is 1.30. The molecular formula is C13H18N6OS2. The van der Waals surface area contributed by atoms with Crippen molar-refractivity contribution in [2.75, 3.05) is 23.3 Å². The molecule has 1 aliphatic rings. The summed E-state index contributed by atoms with van der Waals surface area (Å²) in [4.78, 5) is 8.46. The van der Waals surface area contributed by atoms with Crippen molar-refractivity contribution in [2.24, 2.45) is 0 Å². The van der Waals surface area contributed by atoms with Crippen molar-refractivity contribution >= 4 is 34.9 Å². The molecule has 3 rings (SSSR count). The summed E-state index contributed by atoms with van der Waals surface area (Å²) in [6.45, 7) is 2.70. The standard InChI is InChI=1S/C13H18N6OS2/c1-7-18-19-13(22-7)21-3-2-15-11-6-10(16-12(14)17-11)8-4-9(20)5-8/h6,8-9,20H,2-5H2,1H3,(H3,14,15,16,17). The summed E-state index contributed by atoms with van der Waals surface area (Å²) >= 11 is 3.26. The second-order valence-corrected chi connectivity index (χ2v) is 7.74. The number of aromatic nitrogens is 4. The molecule has 1 aliphatic carbocycles. The zero-order valence-electron chi connectivity index (χ0n) is 12.2. The fraction of sp³-hybridized carbons (Fsp3) is 0.538. The number of hydrogen-bond acceptors (Lipinski definition) is 9. The van der Waals surface area contributed by atoms with E-state index in [2.05, 4.69) is 25.5 Å². The molecule has 0 saturated heterocycles. The van der Waals surface area contributed by atoms with Gasteiger partial charge in [-0.3, -0.25) is 0 Å². The SMILES string of the molecule is Cc1nnc(SCCNc2cc(C3CC(O)C3)nc(N)n2)s1. The van der Waals surface area contributed by atoms with Gasteiger partial charge in [-0.2, -0.15) is 4.98 Å². The van der Waals surface area contributed by atoms with Crippen LogP contribution in [0.15, 0.2) is 10.4 Å².